The van der Waals surface area contributed by atoms with Crippen molar-refractivity contribution in [2.45, 2.75) is 19.1 Å². The second-order valence-corrected chi connectivity index (χ2v) is 4.75. The summed E-state index contributed by atoms with van der Waals surface area (Å²) in [6.45, 7) is 1.85. The van der Waals surface area contributed by atoms with Crippen molar-refractivity contribution < 1.29 is 9.53 Å². The summed E-state index contributed by atoms with van der Waals surface area (Å²) in [7, 11) is 0. The Morgan fingerprint density at radius 3 is 2.52 bits per heavy atom. The highest BCUT2D eigenvalue weighted by Gasteiger charge is 2.44. The number of carbonyl (C=O) groups is 1. The Morgan fingerprint density at radius 1 is 1.43 bits per heavy atom. The van der Waals surface area contributed by atoms with Crippen LogP contribution >= 0.6 is 0 Å². The maximum absolute atomic E-state index is 11.4. The lowest BCUT2D eigenvalue weighted by Crippen LogP contribution is -2.41. The second-order valence-electron chi connectivity index (χ2n) is 4.75. The quantitative estimate of drug-likeness (QED) is 0.488. The predicted octanol–water partition coefficient (Wildman–Crippen LogP) is 1.20. The van der Waals surface area contributed by atoms with Crippen LogP contribution in [0.4, 0.5) is 5.69 Å². The standard InChI is InChI=1S/C14H13N5O2/c1-9-6-13(20)21-14(9,17)10-2-4-11(5-3-10)18-19-12(7-15)8-16/h2-5,9,18H,6,17H2,1H3. The Morgan fingerprint density at radius 2 is 2.05 bits per heavy atom. The molecule has 1 saturated heterocycles. The molecule has 7 nitrogen and oxygen atoms in total. The van der Waals surface area contributed by atoms with Crippen LogP contribution < -0.4 is 11.2 Å². The number of rotatable bonds is 3. The van der Waals surface area contributed by atoms with E-state index in [9.17, 15) is 4.79 Å². The Hall–Kier alpha value is -2.90. The first-order valence-corrected chi connectivity index (χ1v) is 6.24. The van der Waals surface area contributed by atoms with Crippen molar-refractivity contribution >= 4 is 17.4 Å². The molecule has 21 heavy (non-hydrogen) atoms. The zero-order chi connectivity index (χ0) is 15.5. The summed E-state index contributed by atoms with van der Waals surface area (Å²) < 4.78 is 5.22. The lowest BCUT2D eigenvalue weighted by molar-refractivity contribution is -0.149. The number of anilines is 1. The number of nitrogens with one attached hydrogen (secondary N) is 1. The Bertz CT molecular complexity index is 652. The molecule has 0 radical (unpaired) electrons. The van der Waals surface area contributed by atoms with E-state index in [1.807, 2.05) is 6.92 Å². The molecule has 0 saturated carbocycles. The second kappa shape index (κ2) is 5.61. The number of carbonyl (C=O) groups excluding carboxylic acids is 1. The molecule has 0 aromatic heterocycles. The molecular weight excluding hydrogens is 270 g/mol. The third kappa shape index (κ3) is 2.83. The van der Waals surface area contributed by atoms with Gasteiger partial charge in [-0.05, 0) is 12.1 Å². The molecule has 1 fully saturated rings. The molecule has 2 unspecified atom stereocenters. The molecule has 0 amide bonds. The third-order valence-electron chi connectivity index (χ3n) is 3.33. The van der Waals surface area contributed by atoms with E-state index in [-0.39, 0.29) is 24.0 Å². The highest BCUT2D eigenvalue weighted by Crippen LogP contribution is 2.37. The minimum absolute atomic E-state index is 0.120. The van der Waals surface area contributed by atoms with Crippen LogP contribution in [0, 0.1) is 28.6 Å². The van der Waals surface area contributed by atoms with Crippen LogP contribution in [0.3, 0.4) is 0 Å². The molecule has 7 heteroatoms. The van der Waals surface area contributed by atoms with Crippen molar-refractivity contribution in [2.24, 2.45) is 16.8 Å². The predicted molar refractivity (Wildman–Crippen MR) is 74.5 cm³/mol. The van der Waals surface area contributed by atoms with Crippen molar-refractivity contribution in [3.05, 3.63) is 29.8 Å². The summed E-state index contributed by atoms with van der Waals surface area (Å²) >= 11 is 0. The molecule has 2 atom stereocenters. The molecule has 0 spiro atoms. The van der Waals surface area contributed by atoms with Gasteiger partial charge in [-0.15, -0.1) is 0 Å². The fraction of sp³-hybridized carbons (Fsp3) is 0.286. The molecule has 1 aromatic rings. The summed E-state index contributed by atoms with van der Waals surface area (Å²) in [5.41, 5.74) is 8.61. The normalized spacial score (nSPS) is 23.6. The first-order chi connectivity index (χ1) is 9.99. The van der Waals surface area contributed by atoms with Gasteiger partial charge in [0, 0.05) is 11.5 Å². The van der Waals surface area contributed by atoms with Crippen molar-refractivity contribution in [3.63, 3.8) is 0 Å². The Kier molecular flexibility index (Phi) is 3.88. The molecular formula is C14H13N5O2. The summed E-state index contributed by atoms with van der Waals surface area (Å²) in [6.07, 6.45) is 0.286. The SMILES string of the molecule is CC1CC(=O)OC1(N)c1ccc(NN=C(C#N)C#N)cc1. The average molecular weight is 283 g/mol. The molecule has 3 N–H and O–H groups in total. The van der Waals surface area contributed by atoms with Gasteiger partial charge in [0.15, 0.2) is 5.72 Å². The Balaban J connectivity index is 2.17. The zero-order valence-electron chi connectivity index (χ0n) is 11.3. The van der Waals surface area contributed by atoms with Gasteiger partial charge in [-0.2, -0.15) is 15.6 Å². The number of hydrogen-bond acceptors (Lipinski definition) is 7. The van der Waals surface area contributed by atoms with E-state index in [1.165, 1.54) is 0 Å². The van der Waals surface area contributed by atoms with Crippen molar-refractivity contribution in [3.8, 4) is 12.1 Å². The van der Waals surface area contributed by atoms with Gasteiger partial charge in [0.25, 0.3) is 0 Å². The van der Waals surface area contributed by atoms with E-state index in [4.69, 9.17) is 21.0 Å². The minimum atomic E-state index is -1.12. The summed E-state index contributed by atoms with van der Waals surface area (Å²) in [4.78, 5) is 11.4. The molecule has 1 aliphatic rings. The molecule has 0 bridgehead atoms. The van der Waals surface area contributed by atoms with E-state index in [0.717, 1.165) is 0 Å². The van der Waals surface area contributed by atoms with Gasteiger partial charge in [0.2, 0.25) is 5.71 Å². The van der Waals surface area contributed by atoms with Gasteiger partial charge in [0.05, 0.1) is 12.1 Å². The number of nitriles is 2. The van der Waals surface area contributed by atoms with Crippen LogP contribution in [0.5, 0.6) is 0 Å². The molecule has 1 aliphatic heterocycles. The fourth-order valence-electron chi connectivity index (χ4n) is 2.08. The number of hydrazone groups is 1. The van der Waals surface area contributed by atoms with Gasteiger partial charge in [-0.25, -0.2) is 0 Å². The minimum Gasteiger partial charge on any atom is -0.439 e. The number of ether oxygens (including phenoxy) is 1. The maximum atomic E-state index is 11.4. The van der Waals surface area contributed by atoms with Crippen LogP contribution in [-0.2, 0) is 15.3 Å². The molecule has 0 aliphatic carbocycles. The maximum Gasteiger partial charge on any atom is 0.308 e. The Labute approximate surface area is 121 Å². The number of nitrogens with two attached hydrogens (primary N) is 1. The highest BCUT2D eigenvalue weighted by molar-refractivity contribution is 6.10. The number of hydrogen-bond donors (Lipinski definition) is 2. The van der Waals surface area contributed by atoms with Gasteiger partial charge >= 0.3 is 5.97 Å². The number of cyclic esters (lactones) is 1. The number of benzene rings is 1. The molecule has 106 valence electrons. The van der Waals surface area contributed by atoms with E-state index < -0.39 is 5.72 Å². The van der Waals surface area contributed by atoms with Gasteiger partial charge < -0.3 is 4.74 Å². The van der Waals surface area contributed by atoms with Crippen LogP contribution in [-0.4, -0.2) is 11.7 Å². The third-order valence-corrected chi connectivity index (χ3v) is 3.33. The molecule has 2 rings (SSSR count). The monoisotopic (exact) mass is 283 g/mol. The topological polar surface area (TPSA) is 124 Å². The fourth-order valence-corrected chi connectivity index (χ4v) is 2.08. The van der Waals surface area contributed by atoms with Crippen molar-refractivity contribution in [2.75, 3.05) is 5.43 Å². The average Bonchev–Trinajstić information content (AvgIpc) is 2.74. The van der Waals surface area contributed by atoms with Crippen LogP contribution in [0.25, 0.3) is 0 Å². The summed E-state index contributed by atoms with van der Waals surface area (Å²) in [6, 6.07) is 10.1. The van der Waals surface area contributed by atoms with Gasteiger partial charge in [-0.1, -0.05) is 19.1 Å². The van der Waals surface area contributed by atoms with Gasteiger partial charge in [-0.3, -0.25) is 16.0 Å². The van der Waals surface area contributed by atoms with E-state index in [0.29, 0.717) is 11.3 Å². The lowest BCUT2D eigenvalue weighted by atomic mass is 9.91. The number of nitrogens with zero attached hydrogens (tertiary/aromatic N) is 3. The molecule has 1 heterocycles. The molecule has 1 aromatic carbocycles. The summed E-state index contributed by atoms with van der Waals surface area (Å²) in [5.74, 6) is -0.435. The number of esters is 1. The van der Waals surface area contributed by atoms with Crippen molar-refractivity contribution in [1.29, 1.82) is 10.5 Å². The van der Waals surface area contributed by atoms with Crippen LogP contribution in [0.2, 0.25) is 0 Å². The van der Waals surface area contributed by atoms with E-state index >= 15 is 0 Å². The van der Waals surface area contributed by atoms with Crippen LogP contribution in [0.15, 0.2) is 29.4 Å². The van der Waals surface area contributed by atoms with Crippen molar-refractivity contribution in [1.82, 2.24) is 0 Å². The smallest absolute Gasteiger partial charge is 0.308 e. The summed E-state index contributed by atoms with van der Waals surface area (Å²) in [5, 5.41) is 20.8. The van der Waals surface area contributed by atoms with Crippen LogP contribution in [0.1, 0.15) is 18.9 Å². The highest BCUT2D eigenvalue weighted by atomic mass is 16.6. The zero-order valence-corrected chi connectivity index (χ0v) is 11.3. The largest absolute Gasteiger partial charge is 0.439 e. The lowest BCUT2D eigenvalue weighted by Gasteiger charge is -2.27. The first kappa shape index (κ1) is 14.5. The van der Waals surface area contributed by atoms with E-state index in [1.54, 1.807) is 36.4 Å². The first-order valence-electron chi connectivity index (χ1n) is 6.24. The van der Waals surface area contributed by atoms with E-state index in [2.05, 4.69) is 10.5 Å². The van der Waals surface area contributed by atoms with Gasteiger partial charge in [0.1, 0.15) is 12.1 Å².